The number of carbonyl (C=O) groups is 2. The average Bonchev–Trinajstić information content (AvgIpc) is 2.85. The molecule has 0 unspecified atom stereocenters. The van der Waals surface area contributed by atoms with Crippen molar-refractivity contribution in [1.29, 1.82) is 0 Å². The molecule has 0 saturated heterocycles. The number of halogens is 2. The van der Waals surface area contributed by atoms with Gasteiger partial charge in [0.15, 0.2) is 0 Å². The summed E-state index contributed by atoms with van der Waals surface area (Å²) in [5.74, 6) is -2.53. The van der Waals surface area contributed by atoms with Gasteiger partial charge in [0.1, 0.15) is 17.2 Å². The molecule has 5 nitrogen and oxygen atoms in total. The zero-order valence-corrected chi connectivity index (χ0v) is 11.3. The zero-order chi connectivity index (χ0) is 15.5. The van der Waals surface area contributed by atoms with E-state index < -0.39 is 29.2 Å². The summed E-state index contributed by atoms with van der Waals surface area (Å²) in [6.45, 7) is -0.0871. The van der Waals surface area contributed by atoms with Crippen molar-refractivity contribution in [3.63, 3.8) is 0 Å². The van der Waals surface area contributed by atoms with E-state index in [-0.39, 0.29) is 12.1 Å². The highest BCUT2D eigenvalue weighted by atomic mass is 19.1. The molecule has 1 aromatic rings. The first-order valence-corrected chi connectivity index (χ1v) is 6.66. The molecule has 114 valence electrons. The van der Waals surface area contributed by atoms with Gasteiger partial charge in [0.2, 0.25) is 0 Å². The van der Waals surface area contributed by atoms with Gasteiger partial charge in [0, 0.05) is 12.6 Å². The van der Waals surface area contributed by atoms with Gasteiger partial charge in [0.05, 0.1) is 0 Å². The summed E-state index contributed by atoms with van der Waals surface area (Å²) < 4.78 is 26.0. The maximum atomic E-state index is 13.0. The first-order valence-electron chi connectivity index (χ1n) is 6.66. The van der Waals surface area contributed by atoms with Crippen molar-refractivity contribution in [2.24, 2.45) is 0 Å². The van der Waals surface area contributed by atoms with Crippen molar-refractivity contribution >= 4 is 12.0 Å². The molecule has 0 radical (unpaired) electrons. The molecule has 1 aliphatic rings. The van der Waals surface area contributed by atoms with Gasteiger partial charge in [-0.1, -0.05) is 12.8 Å². The van der Waals surface area contributed by atoms with E-state index >= 15 is 0 Å². The number of nitrogens with one attached hydrogen (secondary N) is 2. The molecule has 7 heteroatoms. The summed E-state index contributed by atoms with van der Waals surface area (Å²) in [6, 6.07) is 2.28. The van der Waals surface area contributed by atoms with Gasteiger partial charge in [0.25, 0.3) is 0 Å². The van der Waals surface area contributed by atoms with E-state index in [9.17, 15) is 23.5 Å². The van der Waals surface area contributed by atoms with Crippen LogP contribution in [0.5, 0.6) is 0 Å². The minimum absolute atomic E-state index is 0.0871. The van der Waals surface area contributed by atoms with E-state index in [1.165, 1.54) is 0 Å². The predicted octanol–water partition coefficient (Wildman–Crippen LogP) is 2.16. The molecule has 1 saturated carbocycles. The number of carboxylic acid groups (broad SMARTS) is 1. The summed E-state index contributed by atoms with van der Waals surface area (Å²) in [5.41, 5.74) is -0.976. The van der Waals surface area contributed by atoms with Crippen LogP contribution in [0.4, 0.5) is 13.6 Å². The third-order valence-electron chi connectivity index (χ3n) is 3.59. The number of aliphatic carboxylic acids is 1. The summed E-state index contributed by atoms with van der Waals surface area (Å²) in [6.07, 6.45) is 2.23. The Bertz CT molecular complexity index is 537. The van der Waals surface area contributed by atoms with Crippen LogP contribution in [0.25, 0.3) is 0 Å². The van der Waals surface area contributed by atoms with Crippen molar-refractivity contribution in [3.05, 3.63) is 35.4 Å². The van der Waals surface area contributed by atoms with Crippen molar-refractivity contribution in [2.75, 3.05) is 0 Å². The Balaban J connectivity index is 1.94. The standard InChI is InChI=1S/C14H16F2N2O3/c15-10-5-9(6-11(16)7-10)8-17-13(21)18-14(12(19)20)3-1-2-4-14/h5-7H,1-4,8H2,(H,19,20)(H2,17,18,21). The van der Waals surface area contributed by atoms with Crippen LogP contribution in [0, 0.1) is 11.6 Å². The second-order valence-corrected chi connectivity index (χ2v) is 5.18. The molecule has 2 amide bonds. The van der Waals surface area contributed by atoms with Crippen LogP contribution in [0.3, 0.4) is 0 Å². The van der Waals surface area contributed by atoms with E-state index in [2.05, 4.69) is 10.6 Å². The van der Waals surface area contributed by atoms with E-state index in [1.54, 1.807) is 0 Å². The lowest BCUT2D eigenvalue weighted by Crippen LogP contribution is -2.55. The average molecular weight is 298 g/mol. The molecule has 1 fully saturated rings. The molecule has 21 heavy (non-hydrogen) atoms. The Morgan fingerprint density at radius 3 is 2.24 bits per heavy atom. The van der Waals surface area contributed by atoms with E-state index in [4.69, 9.17) is 0 Å². The van der Waals surface area contributed by atoms with Gasteiger partial charge in [-0.25, -0.2) is 18.4 Å². The summed E-state index contributed by atoms with van der Waals surface area (Å²) >= 11 is 0. The first kappa shape index (κ1) is 15.2. The van der Waals surface area contributed by atoms with Gasteiger partial charge >= 0.3 is 12.0 Å². The first-order chi connectivity index (χ1) is 9.91. The van der Waals surface area contributed by atoms with Crippen LogP contribution in [0.2, 0.25) is 0 Å². The van der Waals surface area contributed by atoms with E-state index in [0.717, 1.165) is 31.0 Å². The maximum absolute atomic E-state index is 13.0. The Hall–Kier alpha value is -2.18. The maximum Gasteiger partial charge on any atom is 0.329 e. The van der Waals surface area contributed by atoms with Gasteiger partial charge in [-0.05, 0) is 30.5 Å². The lowest BCUT2D eigenvalue weighted by molar-refractivity contribution is -0.144. The molecule has 0 spiro atoms. The minimum Gasteiger partial charge on any atom is -0.480 e. The smallest absolute Gasteiger partial charge is 0.329 e. The Kier molecular flexibility index (Phi) is 4.40. The number of carboxylic acids is 1. The van der Waals surface area contributed by atoms with Gasteiger partial charge in [-0.2, -0.15) is 0 Å². The topological polar surface area (TPSA) is 78.4 Å². The number of hydrogen-bond donors (Lipinski definition) is 3. The molecule has 1 aliphatic carbocycles. The summed E-state index contributed by atoms with van der Waals surface area (Å²) in [5, 5.41) is 14.1. The highest BCUT2D eigenvalue weighted by molar-refractivity contribution is 5.86. The molecule has 0 heterocycles. The second-order valence-electron chi connectivity index (χ2n) is 5.18. The van der Waals surface area contributed by atoms with Crippen LogP contribution < -0.4 is 10.6 Å². The Labute approximate surface area is 120 Å². The third kappa shape index (κ3) is 3.68. The van der Waals surface area contributed by atoms with Crippen LogP contribution in [-0.4, -0.2) is 22.6 Å². The second kappa shape index (κ2) is 6.07. The SMILES string of the molecule is O=C(NCc1cc(F)cc(F)c1)NC1(C(=O)O)CCCC1. The fraction of sp³-hybridized carbons (Fsp3) is 0.429. The van der Waals surface area contributed by atoms with Gasteiger partial charge < -0.3 is 15.7 Å². The van der Waals surface area contributed by atoms with Crippen LogP contribution in [-0.2, 0) is 11.3 Å². The number of amides is 2. The normalized spacial score (nSPS) is 16.5. The Morgan fingerprint density at radius 1 is 1.14 bits per heavy atom. The largest absolute Gasteiger partial charge is 0.480 e. The monoisotopic (exact) mass is 298 g/mol. The third-order valence-corrected chi connectivity index (χ3v) is 3.59. The zero-order valence-electron chi connectivity index (χ0n) is 11.3. The molecule has 0 aromatic heterocycles. The molecule has 0 bridgehead atoms. The quantitative estimate of drug-likeness (QED) is 0.797. The van der Waals surface area contributed by atoms with Crippen molar-refractivity contribution in [1.82, 2.24) is 10.6 Å². The Morgan fingerprint density at radius 2 is 1.71 bits per heavy atom. The predicted molar refractivity (Wildman–Crippen MR) is 70.6 cm³/mol. The summed E-state index contributed by atoms with van der Waals surface area (Å²) in [7, 11) is 0. The van der Waals surface area contributed by atoms with Crippen molar-refractivity contribution < 1.29 is 23.5 Å². The molecular weight excluding hydrogens is 282 g/mol. The summed E-state index contributed by atoms with van der Waals surface area (Å²) in [4.78, 5) is 23.1. The van der Waals surface area contributed by atoms with E-state index in [0.29, 0.717) is 12.8 Å². The fourth-order valence-electron chi connectivity index (χ4n) is 2.53. The van der Waals surface area contributed by atoms with Gasteiger partial charge in [-0.15, -0.1) is 0 Å². The number of hydrogen-bond acceptors (Lipinski definition) is 2. The van der Waals surface area contributed by atoms with Crippen LogP contribution in [0.1, 0.15) is 31.2 Å². The number of urea groups is 1. The van der Waals surface area contributed by atoms with E-state index in [1.807, 2.05) is 0 Å². The molecule has 0 atom stereocenters. The lowest BCUT2D eigenvalue weighted by Gasteiger charge is -2.25. The number of carbonyl (C=O) groups excluding carboxylic acids is 1. The van der Waals surface area contributed by atoms with Gasteiger partial charge in [-0.3, -0.25) is 0 Å². The number of benzene rings is 1. The molecule has 3 N–H and O–H groups in total. The minimum atomic E-state index is -1.24. The lowest BCUT2D eigenvalue weighted by atomic mass is 9.98. The number of rotatable bonds is 4. The van der Waals surface area contributed by atoms with Crippen LogP contribution >= 0.6 is 0 Å². The molecule has 1 aromatic carbocycles. The fourth-order valence-corrected chi connectivity index (χ4v) is 2.53. The van der Waals surface area contributed by atoms with Crippen LogP contribution in [0.15, 0.2) is 18.2 Å². The van der Waals surface area contributed by atoms with Crippen molar-refractivity contribution in [3.8, 4) is 0 Å². The molecule has 2 rings (SSSR count). The highest BCUT2D eigenvalue weighted by Gasteiger charge is 2.42. The molecule has 0 aliphatic heterocycles. The highest BCUT2D eigenvalue weighted by Crippen LogP contribution is 2.29. The molecular formula is C14H16F2N2O3. The van der Waals surface area contributed by atoms with Crippen molar-refractivity contribution in [2.45, 2.75) is 37.8 Å².